The highest BCUT2D eigenvalue weighted by Gasteiger charge is 2.06. The predicted molar refractivity (Wildman–Crippen MR) is 95.0 cm³/mol. The van der Waals surface area contributed by atoms with Gasteiger partial charge in [0, 0.05) is 26.7 Å². The van der Waals surface area contributed by atoms with E-state index in [2.05, 4.69) is 36.1 Å². The van der Waals surface area contributed by atoms with Crippen LogP contribution in [0.25, 0.3) is 0 Å². The van der Waals surface area contributed by atoms with Crippen molar-refractivity contribution in [1.82, 2.24) is 10.2 Å². The lowest BCUT2D eigenvalue weighted by Crippen LogP contribution is -2.39. The van der Waals surface area contributed by atoms with Crippen LogP contribution < -0.4 is 5.32 Å². The normalized spacial score (nSPS) is 11.2. The van der Waals surface area contributed by atoms with Crippen LogP contribution in [0.3, 0.4) is 0 Å². The summed E-state index contributed by atoms with van der Waals surface area (Å²) in [5.41, 5.74) is 1.74. The summed E-state index contributed by atoms with van der Waals surface area (Å²) in [7, 11) is 3.46. The number of hydrogen-bond donors (Lipinski definition) is 1. The summed E-state index contributed by atoms with van der Waals surface area (Å²) in [6.45, 7) is 6.86. The molecule has 0 aliphatic heterocycles. The van der Waals surface area contributed by atoms with E-state index >= 15 is 0 Å². The third kappa shape index (κ3) is 6.72. The Bertz CT molecular complexity index is 497. The van der Waals surface area contributed by atoms with Crippen molar-refractivity contribution in [3.8, 4) is 0 Å². The van der Waals surface area contributed by atoms with Crippen LogP contribution in [-0.2, 0) is 11.2 Å². The fraction of sp³-hybridized carbons (Fsp3) is 0.556. The molecule has 0 atom stereocenters. The van der Waals surface area contributed by atoms with E-state index in [4.69, 9.17) is 4.74 Å². The molecule has 128 valence electrons. The Morgan fingerprint density at radius 3 is 2.52 bits per heavy atom. The van der Waals surface area contributed by atoms with Gasteiger partial charge < -0.3 is 15.0 Å². The zero-order chi connectivity index (χ0) is 17.1. The Balaban J connectivity index is 2.58. The quantitative estimate of drug-likeness (QED) is 0.455. The first-order chi connectivity index (χ1) is 11.1. The summed E-state index contributed by atoms with van der Waals surface area (Å²) >= 11 is 0. The van der Waals surface area contributed by atoms with Gasteiger partial charge in [0.2, 0.25) is 0 Å². The van der Waals surface area contributed by atoms with Crippen molar-refractivity contribution in [2.24, 2.45) is 4.99 Å². The number of nitrogens with zero attached hydrogens (tertiary/aromatic N) is 2. The number of aliphatic imine (C=N–C) groups is 1. The van der Waals surface area contributed by atoms with E-state index in [1.807, 2.05) is 12.1 Å². The topological polar surface area (TPSA) is 53.9 Å². The van der Waals surface area contributed by atoms with Crippen LogP contribution >= 0.6 is 0 Å². The molecule has 0 aliphatic carbocycles. The van der Waals surface area contributed by atoms with Crippen molar-refractivity contribution in [2.45, 2.75) is 33.1 Å². The summed E-state index contributed by atoms with van der Waals surface area (Å²) in [5, 5.41) is 3.32. The molecule has 1 rings (SSSR count). The van der Waals surface area contributed by atoms with E-state index in [1.165, 1.54) is 13.5 Å². The average Bonchev–Trinajstić information content (AvgIpc) is 2.58. The minimum absolute atomic E-state index is 0.304. The van der Waals surface area contributed by atoms with E-state index in [-0.39, 0.29) is 5.97 Å². The lowest BCUT2D eigenvalue weighted by molar-refractivity contribution is 0.0600. The van der Waals surface area contributed by atoms with Gasteiger partial charge in [-0.3, -0.25) is 4.99 Å². The zero-order valence-corrected chi connectivity index (χ0v) is 14.8. The second-order valence-electron chi connectivity index (χ2n) is 5.45. The van der Waals surface area contributed by atoms with Gasteiger partial charge in [-0.15, -0.1) is 0 Å². The van der Waals surface area contributed by atoms with Gasteiger partial charge in [0.05, 0.1) is 12.7 Å². The first-order valence-electron chi connectivity index (χ1n) is 8.29. The minimum atomic E-state index is -0.304. The van der Waals surface area contributed by atoms with Gasteiger partial charge in [0.15, 0.2) is 5.96 Å². The maximum Gasteiger partial charge on any atom is 0.337 e. The molecule has 0 fully saturated rings. The lowest BCUT2D eigenvalue weighted by atomic mass is 10.1. The van der Waals surface area contributed by atoms with Gasteiger partial charge in [0.1, 0.15) is 0 Å². The summed E-state index contributed by atoms with van der Waals surface area (Å²) < 4.78 is 4.70. The Kier molecular flexibility index (Phi) is 8.80. The number of benzene rings is 1. The number of hydrogen-bond acceptors (Lipinski definition) is 3. The molecule has 5 nitrogen and oxygen atoms in total. The average molecular weight is 319 g/mol. The first-order valence-corrected chi connectivity index (χ1v) is 8.29. The lowest BCUT2D eigenvalue weighted by Gasteiger charge is -2.21. The van der Waals surface area contributed by atoms with Crippen molar-refractivity contribution in [3.05, 3.63) is 35.4 Å². The van der Waals surface area contributed by atoms with Gasteiger partial charge in [-0.1, -0.05) is 25.5 Å². The third-order valence-electron chi connectivity index (χ3n) is 3.58. The Morgan fingerprint density at radius 2 is 1.96 bits per heavy atom. The molecule has 1 aromatic carbocycles. The molecule has 1 aromatic rings. The van der Waals surface area contributed by atoms with Gasteiger partial charge in [-0.05, 0) is 37.5 Å². The molecule has 0 amide bonds. The summed E-state index contributed by atoms with van der Waals surface area (Å²) in [4.78, 5) is 18.3. The maximum absolute atomic E-state index is 11.4. The molecule has 0 heterocycles. The third-order valence-corrected chi connectivity index (χ3v) is 3.58. The molecule has 0 spiro atoms. The largest absolute Gasteiger partial charge is 0.465 e. The molecular formula is C18H29N3O2. The number of esters is 1. The Labute approximate surface area is 139 Å². The van der Waals surface area contributed by atoms with Gasteiger partial charge in [0.25, 0.3) is 0 Å². The number of ether oxygens (including phenoxy) is 1. The van der Waals surface area contributed by atoms with Crippen molar-refractivity contribution in [2.75, 3.05) is 33.8 Å². The molecule has 0 aliphatic rings. The molecule has 0 unspecified atom stereocenters. The molecule has 0 saturated carbocycles. The van der Waals surface area contributed by atoms with E-state index in [0.717, 1.165) is 44.0 Å². The van der Waals surface area contributed by atoms with Crippen LogP contribution in [0, 0.1) is 0 Å². The molecule has 0 saturated heterocycles. The second-order valence-corrected chi connectivity index (χ2v) is 5.45. The van der Waals surface area contributed by atoms with E-state index in [0.29, 0.717) is 5.56 Å². The van der Waals surface area contributed by atoms with Crippen LogP contribution in [0.1, 0.15) is 42.6 Å². The summed E-state index contributed by atoms with van der Waals surface area (Å²) in [6, 6.07) is 7.50. The number of methoxy groups -OCH3 is 1. The highest BCUT2D eigenvalue weighted by Crippen LogP contribution is 2.06. The molecular weight excluding hydrogens is 290 g/mol. The van der Waals surface area contributed by atoms with Crippen molar-refractivity contribution >= 4 is 11.9 Å². The molecule has 23 heavy (non-hydrogen) atoms. The van der Waals surface area contributed by atoms with Crippen LogP contribution in [0.4, 0.5) is 0 Å². The highest BCUT2D eigenvalue weighted by molar-refractivity contribution is 5.89. The first kappa shape index (κ1) is 19.0. The molecule has 1 N–H and O–H groups in total. The SMILES string of the molecule is CCCCN(C)C(=NCCc1ccc(C(=O)OC)cc1)NCC. The number of rotatable bonds is 8. The number of unbranched alkanes of at least 4 members (excludes halogenated alkanes) is 1. The number of carbonyl (C=O) groups excluding carboxylic acids is 1. The minimum Gasteiger partial charge on any atom is -0.465 e. The number of guanidine groups is 1. The van der Waals surface area contributed by atoms with Gasteiger partial charge >= 0.3 is 5.97 Å². The van der Waals surface area contributed by atoms with Crippen LogP contribution in [0.5, 0.6) is 0 Å². The highest BCUT2D eigenvalue weighted by atomic mass is 16.5. The monoisotopic (exact) mass is 319 g/mol. The summed E-state index contributed by atoms with van der Waals surface area (Å²) in [6.07, 6.45) is 3.18. The van der Waals surface area contributed by atoms with E-state index in [1.54, 1.807) is 12.1 Å². The fourth-order valence-corrected chi connectivity index (χ4v) is 2.19. The van der Waals surface area contributed by atoms with E-state index < -0.39 is 0 Å². The number of carbonyl (C=O) groups is 1. The summed E-state index contributed by atoms with van der Waals surface area (Å²) in [5.74, 6) is 0.647. The fourth-order valence-electron chi connectivity index (χ4n) is 2.19. The molecule has 0 aromatic heterocycles. The molecule has 0 bridgehead atoms. The second kappa shape index (κ2) is 10.6. The molecule has 0 radical (unpaired) electrons. The van der Waals surface area contributed by atoms with Crippen LogP contribution in [0.2, 0.25) is 0 Å². The predicted octanol–water partition coefficient (Wildman–Crippen LogP) is 2.71. The van der Waals surface area contributed by atoms with Crippen molar-refractivity contribution < 1.29 is 9.53 Å². The van der Waals surface area contributed by atoms with Crippen LogP contribution in [-0.4, -0.2) is 50.6 Å². The van der Waals surface area contributed by atoms with E-state index in [9.17, 15) is 4.79 Å². The van der Waals surface area contributed by atoms with Gasteiger partial charge in [-0.2, -0.15) is 0 Å². The van der Waals surface area contributed by atoms with Crippen molar-refractivity contribution in [3.63, 3.8) is 0 Å². The molecule has 5 heteroatoms. The van der Waals surface area contributed by atoms with Crippen molar-refractivity contribution in [1.29, 1.82) is 0 Å². The van der Waals surface area contributed by atoms with Crippen LogP contribution in [0.15, 0.2) is 29.3 Å². The smallest absolute Gasteiger partial charge is 0.337 e. The van der Waals surface area contributed by atoms with Gasteiger partial charge in [-0.25, -0.2) is 4.79 Å². The standard InChI is InChI=1S/C18H29N3O2/c1-5-7-14-21(3)18(19-6-2)20-13-12-15-8-10-16(11-9-15)17(22)23-4/h8-11H,5-7,12-14H2,1-4H3,(H,19,20). The Hall–Kier alpha value is -2.04. The Morgan fingerprint density at radius 1 is 1.26 bits per heavy atom. The maximum atomic E-state index is 11.4. The zero-order valence-electron chi connectivity index (χ0n) is 14.8. The number of nitrogens with one attached hydrogen (secondary N) is 1.